The zero-order chi connectivity index (χ0) is 25.5. The van der Waals surface area contributed by atoms with Gasteiger partial charge in [0.25, 0.3) is 0 Å². The van der Waals surface area contributed by atoms with Crippen molar-refractivity contribution in [3.8, 4) is 11.3 Å². The molecule has 0 saturated carbocycles. The van der Waals surface area contributed by atoms with Gasteiger partial charge in [-0.15, -0.1) is 0 Å². The van der Waals surface area contributed by atoms with Crippen LogP contribution in [0.15, 0.2) is 58.3 Å². The molecule has 0 aliphatic rings. The molecule has 34 heavy (non-hydrogen) atoms. The number of carboxylic acid groups (broad SMARTS) is 2. The van der Waals surface area contributed by atoms with E-state index in [0.29, 0.717) is 16.1 Å². The predicted octanol–water partition coefficient (Wildman–Crippen LogP) is 2.56. The van der Waals surface area contributed by atoms with Crippen molar-refractivity contribution in [1.82, 2.24) is 14.3 Å². The molecular formula is C20H18F3N3O7S. The maximum Gasteiger partial charge on any atom is 0.328 e. The molecule has 0 aliphatic carbocycles. The summed E-state index contributed by atoms with van der Waals surface area (Å²) < 4.78 is 72.9. The number of pyridine rings is 1. The predicted molar refractivity (Wildman–Crippen MR) is 111 cm³/mol. The molecule has 0 aromatic carbocycles. The summed E-state index contributed by atoms with van der Waals surface area (Å²) in [5.41, 5.74) is -0.834. The summed E-state index contributed by atoms with van der Waals surface area (Å²) in [6, 6.07) is 4.79. The van der Waals surface area contributed by atoms with Gasteiger partial charge in [0.15, 0.2) is 5.82 Å². The maximum absolute atomic E-state index is 14.9. The Bertz CT molecular complexity index is 1300. The van der Waals surface area contributed by atoms with E-state index in [1.54, 1.807) is 7.05 Å². The Balaban J connectivity index is 0.000000440. The maximum atomic E-state index is 14.9. The van der Waals surface area contributed by atoms with Crippen LogP contribution in [0.25, 0.3) is 11.3 Å². The molecule has 0 radical (unpaired) electrons. The minimum Gasteiger partial charge on any atom is -0.478 e. The van der Waals surface area contributed by atoms with Gasteiger partial charge in [0, 0.05) is 36.7 Å². The number of carbonyl (C=O) groups is 2. The fourth-order valence-corrected chi connectivity index (χ4v) is 3.95. The Labute approximate surface area is 191 Å². The Kier molecular flexibility index (Phi) is 8.75. The van der Waals surface area contributed by atoms with E-state index in [0.717, 1.165) is 24.5 Å². The highest BCUT2D eigenvalue weighted by Crippen LogP contribution is 2.32. The second-order valence-corrected chi connectivity index (χ2v) is 8.10. The quantitative estimate of drug-likeness (QED) is 0.312. The van der Waals surface area contributed by atoms with Crippen LogP contribution in [0.3, 0.4) is 0 Å². The minimum atomic E-state index is -4.42. The minimum absolute atomic E-state index is 0.00611. The molecule has 182 valence electrons. The first-order chi connectivity index (χ1) is 16.0. The second-order valence-electron chi connectivity index (χ2n) is 6.35. The van der Waals surface area contributed by atoms with Crippen LogP contribution in [0.2, 0.25) is 0 Å². The van der Waals surface area contributed by atoms with Crippen molar-refractivity contribution in [2.24, 2.45) is 0 Å². The molecule has 0 spiro atoms. The van der Waals surface area contributed by atoms with Gasteiger partial charge in [0.1, 0.15) is 18.1 Å². The van der Waals surface area contributed by atoms with Crippen molar-refractivity contribution in [2.45, 2.75) is 18.3 Å². The van der Waals surface area contributed by atoms with Crippen molar-refractivity contribution < 1.29 is 45.8 Å². The number of carboxylic acids is 2. The van der Waals surface area contributed by atoms with Gasteiger partial charge in [-0.1, -0.05) is 0 Å². The topological polar surface area (TPSA) is 152 Å². The number of halogens is 3. The third-order valence-electron chi connectivity index (χ3n) is 4.02. The fraction of sp³-hybridized carbons (Fsp3) is 0.150. The summed E-state index contributed by atoms with van der Waals surface area (Å²) in [7, 11) is -2.87. The first kappa shape index (κ1) is 26.3. The Morgan fingerprint density at radius 1 is 1.18 bits per heavy atom. The van der Waals surface area contributed by atoms with Crippen LogP contribution in [-0.4, -0.2) is 46.6 Å². The van der Waals surface area contributed by atoms with Crippen molar-refractivity contribution in [3.63, 3.8) is 0 Å². The Morgan fingerprint density at radius 2 is 1.82 bits per heavy atom. The number of nitrogens with one attached hydrogen (secondary N) is 1. The summed E-state index contributed by atoms with van der Waals surface area (Å²) in [6.45, 7) is -0.984. The van der Waals surface area contributed by atoms with Crippen molar-refractivity contribution >= 4 is 22.0 Å². The highest BCUT2D eigenvalue weighted by molar-refractivity contribution is 7.89. The van der Waals surface area contributed by atoms with E-state index in [9.17, 15) is 31.2 Å². The van der Waals surface area contributed by atoms with Crippen LogP contribution in [0, 0.1) is 11.8 Å². The van der Waals surface area contributed by atoms with Crippen LogP contribution >= 0.6 is 0 Å². The van der Waals surface area contributed by atoms with Crippen LogP contribution in [0.5, 0.6) is 0 Å². The van der Waals surface area contributed by atoms with Gasteiger partial charge in [-0.05, 0) is 31.3 Å². The second kappa shape index (κ2) is 11.3. The smallest absolute Gasteiger partial charge is 0.328 e. The van der Waals surface area contributed by atoms with Gasteiger partial charge in [-0.2, -0.15) is 12.8 Å². The highest BCUT2D eigenvalue weighted by atomic mass is 32.2. The first-order valence-corrected chi connectivity index (χ1v) is 10.7. The summed E-state index contributed by atoms with van der Waals surface area (Å²) in [4.78, 5) is 22.5. The molecule has 0 saturated heterocycles. The average Bonchev–Trinajstić information content (AvgIpc) is 3.40. The molecule has 3 N–H and O–H groups in total. The van der Waals surface area contributed by atoms with Crippen molar-refractivity contribution in [2.75, 3.05) is 7.05 Å². The Morgan fingerprint density at radius 3 is 2.32 bits per heavy atom. The van der Waals surface area contributed by atoms with E-state index < -0.39 is 51.2 Å². The molecule has 14 heteroatoms. The molecule has 3 heterocycles. The van der Waals surface area contributed by atoms with Gasteiger partial charge < -0.3 is 19.9 Å². The molecular weight excluding hydrogens is 483 g/mol. The molecule has 0 unspecified atom stereocenters. The van der Waals surface area contributed by atoms with Crippen LogP contribution in [0.1, 0.15) is 11.3 Å². The number of aromatic nitrogens is 2. The molecule has 3 rings (SSSR count). The van der Waals surface area contributed by atoms with Gasteiger partial charge >= 0.3 is 22.0 Å². The number of rotatable bonds is 8. The van der Waals surface area contributed by atoms with E-state index in [1.165, 1.54) is 12.1 Å². The SMILES string of the molecule is CNCc1cn(S(=O)(=O)c2ccc(CF)o2)c(-c2cccnc2F)c1F.O=C(O)C=CC(=O)O. The molecule has 10 nitrogen and oxygen atoms in total. The number of nitrogens with zero attached hydrogens (tertiary/aromatic N) is 2. The standard InChI is InChI=1S/C16H14F3N3O3S.C4H4O4/c1-20-8-10-9-22(26(23,24)13-5-4-11(7-17)25-13)15(14(10)18)12-3-2-6-21-16(12)19;5-3(6)1-2-4(7)8/h2-6,9,20H,7-8H2,1H3;1-2H,(H,5,6)(H,7,8). The fourth-order valence-electron chi connectivity index (χ4n) is 2.62. The summed E-state index contributed by atoms with van der Waals surface area (Å²) in [5.74, 6) is -4.64. The average molecular weight is 501 g/mol. The molecule has 0 aliphatic heterocycles. The Hall–Kier alpha value is -3.91. The van der Waals surface area contributed by atoms with Crippen LogP contribution in [-0.2, 0) is 32.8 Å². The van der Waals surface area contributed by atoms with Gasteiger partial charge in [-0.3, -0.25) is 0 Å². The first-order valence-electron chi connectivity index (χ1n) is 9.22. The van der Waals surface area contributed by atoms with Crippen molar-refractivity contribution in [1.29, 1.82) is 0 Å². The van der Waals surface area contributed by atoms with E-state index in [2.05, 4.69) is 10.3 Å². The lowest BCUT2D eigenvalue weighted by molar-refractivity contribution is -0.134. The number of alkyl halides is 1. The van der Waals surface area contributed by atoms with E-state index in [1.807, 2.05) is 0 Å². The van der Waals surface area contributed by atoms with Crippen LogP contribution in [0.4, 0.5) is 13.2 Å². The van der Waals surface area contributed by atoms with Gasteiger partial charge in [-0.25, -0.2) is 27.3 Å². The molecule has 0 amide bonds. The lowest BCUT2D eigenvalue weighted by atomic mass is 10.2. The van der Waals surface area contributed by atoms with Crippen LogP contribution < -0.4 is 5.32 Å². The third kappa shape index (κ3) is 6.11. The highest BCUT2D eigenvalue weighted by Gasteiger charge is 2.30. The number of furan rings is 1. The lowest BCUT2D eigenvalue weighted by Crippen LogP contribution is -2.13. The summed E-state index contributed by atoms with van der Waals surface area (Å²) in [6.07, 6.45) is 3.30. The lowest BCUT2D eigenvalue weighted by Gasteiger charge is -2.09. The van der Waals surface area contributed by atoms with E-state index in [-0.39, 0.29) is 23.4 Å². The molecule has 0 fully saturated rings. The van der Waals surface area contributed by atoms with Crippen molar-refractivity contribution in [3.05, 3.63) is 71.9 Å². The van der Waals surface area contributed by atoms with Gasteiger partial charge in [0.2, 0.25) is 11.0 Å². The zero-order valence-electron chi connectivity index (χ0n) is 17.4. The third-order valence-corrected chi connectivity index (χ3v) is 5.55. The molecule has 3 aromatic heterocycles. The molecule has 3 aromatic rings. The number of hydrogen-bond donors (Lipinski definition) is 3. The molecule has 0 atom stereocenters. The van der Waals surface area contributed by atoms with E-state index >= 15 is 0 Å². The number of hydrogen-bond acceptors (Lipinski definition) is 7. The largest absolute Gasteiger partial charge is 0.478 e. The summed E-state index contributed by atoms with van der Waals surface area (Å²) in [5, 5.41) is 17.7. The number of aliphatic carboxylic acids is 2. The monoisotopic (exact) mass is 501 g/mol. The zero-order valence-corrected chi connectivity index (χ0v) is 18.2. The van der Waals surface area contributed by atoms with E-state index in [4.69, 9.17) is 14.6 Å². The van der Waals surface area contributed by atoms with Gasteiger partial charge in [0.05, 0.1) is 5.56 Å². The summed E-state index contributed by atoms with van der Waals surface area (Å²) >= 11 is 0. The molecule has 0 bridgehead atoms. The normalized spacial score (nSPS) is 11.3.